The van der Waals surface area contributed by atoms with Gasteiger partial charge in [0.2, 0.25) is 0 Å². The Labute approximate surface area is 153 Å². The number of carbonyl (C=O) groups excluding carboxylic acids is 1. The monoisotopic (exact) mass is 382 g/mol. The van der Waals surface area contributed by atoms with Crippen LogP contribution in [0, 0.1) is 11.8 Å². The molecule has 0 unspecified atom stereocenters. The van der Waals surface area contributed by atoms with Crippen molar-refractivity contribution in [2.45, 2.75) is 19.2 Å². The predicted molar refractivity (Wildman–Crippen MR) is 90.4 cm³/mol. The van der Waals surface area contributed by atoms with Gasteiger partial charge in [-0.3, -0.25) is 0 Å². The van der Waals surface area contributed by atoms with E-state index in [1.807, 2.05) is 30.3 Å². The number of aromatic nitrogens is 1. The number of nitrogens with one attached hydrogen (secondary N) is 1. The number of rotatable bonds is 4. The van der Waals surface area contributed by atoms with Crippen LogP contribution in [0.2, 0.25) is 5.15 Å². The largest absolute Gasteiger partial charge is 0.445 e. The van der Waals surface area contributed by atoms with Crippen LogP contribution in [0.3, 0.4) is 0 Å². The van der Waals surface area contributed by atoms with Crippen molar-refractivity contribution in [1.29, 1.82) is 0 Å². The Balaban J connectivity index is 1.78. The molecule has 0 atom stereocenters. The van der Waals surface area contributed by atoms with Crippen LogP contribution in [0.25, 0.3) is 0 Å². The Kier molecular flexibility index (Phi) is 6.87. The van der Waals surface area contributed by atoms with Gasteiger partial charge >= 0.3 is 12.3 Å². The molecule has 8 heteroatoms. The van der Waals surface area contributed by atoms with Crippen LogP contribution in [0.5, 0.6) is 0 Å². The molecule has 0 aliphatic heterocycles. The van der Waals surface area contributed by atoms with E-state index in [1.54, 1.807) is 0 Å². The van der Waals surface area contributed by atoms with Gasteiger partial charge < -0.3 is 10.1 Å². The lowest BCUT2D eigenvalue weighted by Gasteiger charge is -2.06. The van der Waals surface area contributed by atoms with Gasteiger partial charge in [-0.2, -0.15) is 13.2 Å². The number of hydrogen-bond donors (Lipinski definition) is 1. The summed E-state index contributed by atoms with van der Waals surface area (Å²) in [5.41, 5.74) is -0.140. The molecule has 0 aliphatic carbocycles. The lowest BCUT2D eigenvalue weighted by atomic mass is 10.2. The van der Waals surface area contributed by atoms with Crippen LogP contribution in [0.4, 0.5) is 18.0 Å². The average Bonchev–Trinajstić information content (AvgIpc) is 2.59. The summed E-state index contributed by atoms with van der Waals surface area (Å²) in [4.78, 5) is 14.7. The number of benzene rings is 1. The molecule has 0 spiro atoms. The highest BCUT2D eigenvalue weighted by Gasteiger charge is 2.33. The molecule has 0 radical (unpaired) electrons. The molecule has 2 aromatic rings. The van der Waals surface area contributed by atoms with Gasteiger partial charge in [-0.15, -0.1) is 0 Å². The van der Waals surface area contributed by atoms with Gasteiger partial charge in [-0.1, -0.05) is 53.8 Å². The van der Waals surface area contributed by atoms with E-state index in [4.69, 9.17) is 16.3 Å². The van der Waals surface area contributed by atoms with Crippen molar-refractivity contribution in [2.24, 2.45) is 0 Å². The number of alkyl carbamates (subject to hydrolysis) is 1. The molecule has 0 bridgehead atoms. The third kappa shape index (κ3) is 6.65. The quantitative estimate of drug-likeness (QED) is 0.484. The first-order valence-corrected chi connectivity index (χ1v) is 7.90. The molecule has 2 rings (SSSR count). The second kappa shape index (κ2) is 9.11. The summed E-state index contributed by atoms with van der Waals surface area (Å²) < 4.78 is 42.9. The fourth-order valence-electron chi connectivity index (χ4n) is 1.88. The highest BCUT2D eigenvalue weighted by molar-refractivity contribution is 6.29. The van der Waals surface area contributed by atoms with Gasteiger partial charge in [0.25, 0.3) is 0 Å². The van der Waals surface area contributed by atoms with Gasteiger partial charge in [-0.05, 0) is 17.7 Å². The van der Waals surface area contributed by atoms with E-state index in [0.29, 0.717) is 0 Å². The Morgan fingerprint density at radius 2 is 1.96 bits per heavy atom. The van der Waals surface area contributed by atoms with Crippen molar-refractivity contribution in [3.05, 3.63) is 64.4 Å². The first-order chi connectivity index (χ1) is 12.3. The van der Waals surface area contributed by atoms with Crippen LogP contribution in [0.1, 0.15) is 23.2 Å². The van der Waals surface area contributed by atoms with E-state index in [1.165, 1.54) is 6.07 Å². The molecular formula is C18H14ClF3N2O2. The van der Waals surface area contributed by atoms with Crippen LogP contribution in [-0.4, -0.2) is 17.6 Å². The maximum absolute atomic E-state index is 12.6. The molecular weight excluding hydrogens is 369 g/mol. The highest BCUT2D eigenvalue weighted by Crippen LogP contribution is 2.29. The fourth-order valence-corrected chi connectivity index (χ4v) is 2.09. The second-order valence-corrected chi connectivity index (χ2v) is 5.49. The SMILES string of the molecule is O=C(NCCC#Cc1cc(Cl)nc(C(F)(F)F)c1)OCc1ccccc1. The van der Waals surface area contributed by atoms with Crippen LogP contribution in [0.15, 0.2) is 42.5 Å². The van der Waals surface area contributed by atoms with Crippen LogP contribution >= 0.6 is 11.6 Å². The molecule has 1 heterocycles. The average molecular weight is 383 g/mol. The molecule has 0 saturated heterocycles. The zero-order chi connectivity index (χ0) is 19.0. The van der Waals surface area contributed by atoms with Crippen molar-refractivity contribution in [1.82, 2.24) is 10.3 Å². The topological polar surface area (TPSA) is 51.2 Å². The highest BCUT2D eigenvalue weighted by atomic mass is 35.5. The minimum Gasteiger partial charge on any atom is -0.445 e. The first-order valence-electron chi connectivity index (χ1n) is 7.53. The van der Waals surface area contributed by atoms with Crippen LogP contribution < -0.4 is 5.32 Å². The third-order valence-corrected chi connectivity index (χ3v) is 3.24. The molecule has 0 aliphatic rings. The Hall–Kier alpha value is -2.72. The van der Waals surface area contributed by atoms with E-state index in [0.717, 1.165) is 11.6 Å². The standard InChI is InChI=1S/C18H14ClF3N2O2/c19-16-11-14(10-15(24-16)18(20,21)22)8-4-5-9-23-17(25)26-12-13-6-2-1-3-7-13/h1-3,6-7,10-11H,5,9,12H2,(H,23,25). The van der Waals surface area contributed by atoms with Gasteiger partial charge in [0.05, 0.1) is 0 Å². The third-order valence-electron chi connectivity index (χ3n) is 3.05. The van der Waals surface area contributed by atoms with Gasteiger partial charge in [-0.25, -0.2) is 9.78 Å². The Morgan fingerprint density at radius 3 is 2.65 bits per heavy atom. The van der Waals surface area contributed by atoms with E-state index >= 15 is 0 Å². The van der Waals surface area contributed by atoms with Crippen molar-refractivity contribution < 1.29 is 22.7 Å². The molecule has 4 nitrogen and oxygen atoms in total. The number of ether oxygens (including phenoxy) is 1. The van der Waals surface area contributed by atoms with E-state index in [9.17, 15) is 18.0 Å². The Morgan fingerprint density at radius 1 is 1.23 bits per heavy atom. The number of hydrogen-bond acceptors (Lipinski definition) is 3. The fraction of sp³-hybridized carbons (Fsp3) is 0.222. The molecule has 136 valence electrons. The molecule has 0 saturated carbocycles. The molecule has 1 aromatic heterocycles. The molecule has 1 aromatic carbocycles. The van der Waals surface area contributed by atoms with Gasteiger partial charge in [0.15, 0.2) is 0 Å². The van der Waals surface area contributed by atoms with Crippen molar-refractivity contribution in [3.8, 4) is 11.8 Å². The summed E-state index contributed by atoms with van der Waals surface area (Å²) in [5, 5.41) is 2.22. The number of amides is 1. The van der Waals surface area contributed by atoms with Crippen molar-refractivity contribution in [2.75, 3.05) is 6.54 Å². The summed E-state index contributed by atoms with van der Waals surface area (Å²) in [7, 11) is 0. The summed E-state index contributed by atoms with van der Waals surface area (Å²) in [6.07, 6.45) is -4.95. The number of pyridine rings is 1. The molecule has 1 amide bonds. The van der Waals surface area contributed by atoms with Crippen LogP contribution in [-0.2, 0) is 17.5 Å². The number of carbonyl (C=O) groups is 1. The smallest absolute Gasteiger partial charge is 0.433 e. The number of nitrogens with zero attached hydrogens (tertiary/aromatic N) is 1. The zero-order valence-electron chi connectivity index (χ0n) is 13.4. The lowest BCUT2D eigenvalue weighted by molar-refractivity contribution is -0.141. The minimum atomic E-state index is -4.59. The number of alkyl halides is 3. The Bertz CT molecular complexity index is 815. The number of halogens is 4. The predicted octanol–water partition coefficient (Wildman–Crippen LogP) is 4.42. The summed E-state index contributed by atoms with van der Waals surface area (Å²) in [6.45, 7) is 0.347. The van der Waals surface area contributed by atoms with Crippen molar-refractivity contribution in [3.63, 3.8) is 0 Å². The summed E-state index contributed by atoms with van der Waals surface area (Å²) >= 11 is 5.57. The second-order valence-electron chi connectivity index (χ2n) is 5.10. The molecule has 26 heavy (non-hydrogen) atoms. The summed E-state index contributed by atoms with van der Waals surface area (Å²) in [5.74, 6) is 5.23. The first kappa shape index (κ1) is 19.6. The van der Waals surface area contributed by atoms with E-state index in [2.05, 4.69) is 22.1 Å². The van der Waals surface area contributed by atoms with Gasteiger partial charge in [0, 0.05) is 18.5 Å². The van der Waals surface area contributed by atoms with E-state index < -0.39 is 18.0 Å². The van der Waals surface area contributed by atoms with Crippen molar-refractivity contribution >= 4 is 17.7 Å². The normalized spacial score (nSPS) is 10.6. The zero-order valence-corrected chi connectivity index (χ0v) is 14.2. The van der Waals surface area contributed by atoms with E-state index in [-0.39, 0.29) is 30.3 Å². The maximum Gasteiger partial charge on any atom is 0.433 e. The maximum atomic E-state index is 12.6. The molecule has 1 N–H and O–H groups in total. The lowest BCUT2D eigenvalue weighted by Crippen LogP contribution is -2.24. The minimum absolute atomic E-state index is 0.101. The molecule has 0 fully saturated rings. The summed E-state index contributed by atoms with van der Waals surface area (Å²) in [6, 6.07) is 11.2. The van der Waals surface area contributed by atoms with Gasteiger partial charge in [0.1, 0.15) is 17.5 Å².